The quantitative estimate of drug-likeness (QED) is 0.874. The Bertz CT molecular complexity index is 505. The third-order valence-corrected chi connectivity index (χ3v) is 2.46. The molecule has 0 aliphatic heterocycles. The number of nitrogens with two attached hydrogens (primary N) is 1. The Morgan fingerprint density at radius 2 is 2.12 bits per heavy atom. The van der Waals surface area contributed by atoms with E-state index in [0.29, 0.717) is 11.7 Å². The fourth-order valence-corrected chi connectivity index (χ4v) is 1.45. The van der Waals surface area contributed by atoms with Gasteiger partial charge in [0.15, 0.2) is 5.82 Å². The van der Waals surface area contributed by atoms with Crippen molar-refractivity contribution in [2.75, 3.05) is 19.0 Å². The second kappa shape index (κ2) is 4.55. The third kappa shape index (κ3) is 2.45. The van der Waals surface area contributed by atoms with Gasteiger partial charge in [0, 0.05) is 25.3 Å². The molecule has 2 rings (SSSR count). The zero-order valence-corrected chi connectivity index (χ0v) is 10.2. The summed E-state index contributed by atoms with van der Waals surface area (Å²) in [6.45, 7) is 1.82. The number of rotatable bonds is 3. The molecular weight excluding hydrogens is 216 g/mol. The summed E-state index contributed by atoms with van der Waals surface area (Å²) in [5.41, 5.74) is 7.67. The van der Waals surface area contributed by atoms with E-state index in [1.165, 1.54) is 0 Å². The van der Waals surface area contributed by atoms with Crippen LogP contribution in [0.3, 0.4) is 0 Å². The van der Waals surface area contributed by atoms with E-state index in [0.717, 1.165) is 11.3 Å². The van der Waals surface area contributed by atoms with E-state index in [-0.39, 0.29) is 6.04 Å². The molecule has 1 atom stereocenters. The predicted molar refractivity (Wildman–Crippen MR) is 66.7 cm³/mol. The Morgan fingerprint density at radius 1 is 1.35 bits per heavy atom. The first-order valence-electron chi connectivity index (χ1n) is 5.45. The van der Waals surface area contributed by atoms with Gasteiger partial charge in [0.1, 0.15) is 0 Å². The molecule has 0 spiro atoms. The summed E-state index contributed by atoms with van der Waals surface area (Å²) in [4.78, 5) is 6.28. The summed E-state index contributed by atoms with van der Waals surface area (Å²) < 4.78 is 5.19. The van der Waals surface area contributed by atoms with Crippen LogP contribution in [0.4, 0.5) is 5.69 Å². The van der Waals surface area contributed by atoms with E-state index in [9.17, 15) is 0 Å². The van der Waals surface area contributed by atoms with Gasteiger partial charge in [-0.2, -0.15) is 4.98 Å². The monoisotopic (exact) mass is 232 g/mol. The minimum Gasteiger partial charge on any atom is -0.378 e. The summed E-state index contributed by atoms with van der Waals surface area (Å²) in [5.74, 6) is 1.02. The van der Waals surface area contributed by atoms with Crippen molar-refractivity contribution in [3.05, 3.63) is 30.1 Å². The number of anilines is 1. The Labute approximate surface area is 100 Å². The fourth-order valence-electron chi connectivity index (χ4n) is 1.45. The van der Waals surface area contributed by atoms with E-state index in [1.54, 1.807) is 0 Å². The van der Waals surface area contributed by atoms with Gasteiger partial charge in [0.05, 0.1) is 6.04 Å². The van der Waals surface area contributed by atoms with Crippen molar-refractivity contribution in [3.63, 3.8) is 0 Å². The lowest BCUT2D eigenvalue weighted by atomic mass is 10.2. The van der Waals surface area contributed by atoms with Crippen molar-refractivity contribution in [1.29, 1.82) is 0 Å². The summed E-state index contributed by atoms with van der Waals surface area (Å²) >= 11 is 0. The minimum atomic E-state index is -0.218. The third-order valence-electron chi connectivity index (χ3n) is 2.46. The van der Waals surface area contributed by atoms with Gasteiger partial charge in [-0.3, -0.25) is 0 Å². The average Bonchev–Trinajstić information content (AvgIpc) is 2.78. The zero-order valence-electron chi connectivity index (χ0n) is 10.2. The highest BCUT2D eigenvalue weighted by molar-refractivity contribution is 5.61. The van der Waals surface area contributed by atoms with Gasteiger partial charge in [-0.25, -0.2) is 0 Å². The van der Waals surface area contributed by atoms with Gasteiger partial charge in [0.2, 0.25) is 0 Å². The SMILES string of the molecule is CC(N)c1noc(-c2cccc(N(C)C)c2)n1. The zero-order chi connectivity index (χ0) is 12.4. The lowest BCUT2D eigenvalue weighted by Gasteiger charge is -2.12. The van der Waals surface area contributed by atoms with Gasteiger partial charge in [-0.15, -0.1) is 0 Å². The molecule has 1 unspecified atom stereocenters. The van der Waals surface area contributed by atoms with Crippen LogP contribution in [0.5, 0.6) is 0 Å². The molecule has 0 bridgehead atoms. The Morgan fingerprint density at radius 3 is 2.71 bits per heavy atom. The number of hydrogen-bond donors (Lipinski definition) is 1. The minimum absolute atomic E-state index is 0.218. The van der Waals surface area contributed by atoms with E-state index in [1.807, 2.05) is 50.2 Å². The predicted octanol–water partition coefficient (Wildman–Crippen LogP) is 1.82. The maximum Gasteiger partial charge on any atom is 0.258 e. The first-order valence-corrected chi connectivity index (χ1v) is 5.45. The highest BCUT2D eigenvalue weighted by Gasteiger charge is 2.12. The van der Waals surface area contributed by atoms with Crippen LogP contribution in [0, 0.1) is 0 Å². The van der Waals surface area contributed by atoms with Crippen LogP contribution in [-0.4, -0.2) is 24.2 Å². The van der Waals surface area contributed by atoms with Crippen LogP contribution in [0.25, 0.3) is 11.5 Å². The van der Waals surface area contributed by atoms with Gasteiger partial charge in [-0.1, -0.05) is 11.2 Å². The molecule has 17 heavy (non-hydrogen) atoms. The Hall–Kier alpha value is -1.88. The van der Waals surface area contributed by atoms with Gasteiger partial charge in [-0.05, 0) is 25.1 Å². The topological polar surface area (TPSA) is 68.2 Å². The molecule has 1 aromatic carbocycles. The van der Waals surface area contributed by atoms with E-state index < -0.39 is 0 Å². The molecule has 5 heteroatoms. The molecule has 0 fully saturated rings. The van der Waals surface area contributed by atoms with Crippen molar-refractivity contribution in [2.45, 2.75) is 13.0 Å². The molecule has 1 heterocycles. The highest BCUT2D eigenvalue weighted by atomic mass is 16.5. The Kier molecular flexibility index (Phi) is 3.10. The smallest absolute Gasteiger partial charge is 0.258 e. The number of benzene rings is 1. The van der Waals surface area contributed by atoms with Crippen LogP contribution in [0.2, 0.25) is 0 Å². The summed E-state index contributed by atoms with van der Waals surface area (Å²) in [6, 6.07) is 7.70. The molecule has 2 N–H and O–H groups in total. The molecule has 0 radical (unpaired) electrons. The summed E-state index contributed by atoms with van der Waals surface area (Å²) in [6.07, 6.45) is 0. The molecule has 5 nitrogen and oxygen atoms in total. The van der Waals surface area contributed by atoms with Crippen LogP contribution in [-0.2, 0) is 0 Å². The molecule has 0 amide bonds. The Balaban J connectivity index is 2.35. The number of aromatic nitrogens is 2. The second-order valence-electron chi connectivity index (χ2n) is 4.19. The lowest BCUT2D eigenvalue weighted by molar-refractivity contribution is 0.418. The van der Waals surface area contributed by atoms with Gasteiger partial charge in [0.25, 0.3) is 5.89 Å². The van der Waals surface area contributed by atoms with E-state index in [4.69, 9.17) is 10.3 Å². The molecule has 0 saturated carbocycles. The fraction of sp³-hybridized carbons (Fsp3) is 0.333. The van der Waals surface area contributed by atoms with Crippen molar-refractivity contribution < 1.29 is 4.52 Å². The molecule has 1 aromatic heterocycles. The van der Waals surface area contributed by atoms with Crippen LogP contribution >= 0.6 is 0 Å². The average molecular weight is 232 g/mol. The highest BCUT2D eigenvalue weighted by Crippen LogP contribution is 2.23. The second-order valence-corrected chi connectivity index (χ2v) is 4.19. The van der Waals surface area contributed by atoms with Crippen molar-refractivity contribution >= 4 is 5.69 Å². The molecular formula is C12H16N4O. The van der Waals surface area contributed by atoms with Gasteiger partial charge >= 0.3 is 0 Å². The van der Waals surface area contributed by atoms with Crippen molar-refractivity contribution in [2.24, 2.45) is 5.73 Å². The number of hydrogen-bond acceptors (Lipinski definition) is 5. The lowest BCUT2D eigenvalue weighted by Crippen LogP contribution is -2.08. The molecule has 90 valence electrons. The van der Waals surface area contributed by atoms with Crippen LogP contribution < -0.4 is 10.6 Å². The normalized spacial score (nSPS) is 12.5. The first-order chi connectivity index (χ1) is 8.08. The van der Waals surface area contributed by atoms with E-state index >= 15 is 0 Å². The maximum absolute atomic E-state index is 5.69. The maximum atomic E-state index is 5.69. The first kappa shape index (κ1) is 11.6. The largest absolute Gasteiger partial charge is 0.378 e. The molecule has 0 aliphatic carbocycles. The molecule has 0 saturated heterocycles. The summed E-state index contributed by atoms with van der Waals surface area (Å²) in [7, 11) is 3.97. The van der Waals surface area contributed by atoms with Crippen molar-refractivity contribution in [3.8, 4) is 11.5 Å². The standard InChI is InChI=1S/C12H16N4O/c1-8(13)11-14-12(17-15-11)9-5-4-6-10(7-9)16(2)3/h4-8H,13H2,1-3H3. The van der Waals surface area contributed by atoms with Crippen LogP contribution in [0.1, 0.15) is 18.8 Å². The molecule has 0 aliphatic rings. The van der Waals surface area contributed by atoms with E-state index in [2.05, 4.69) is 10.1 Å². The molecule has 2 aromatic rings. The van der Waals surface area contributed by atoms with Crippen molar-refractivity contribution in [1.82, 2.24) is 10.1 Å². The van der Waals surface area contributed by atoms with Crippen LogP contribution in [0.15, 0.2) is 28.8 Å². The number of nitrogens with zero attached hydrogens (tertiary/aromatic N) is 3. The summed E-state index contributed by atoms with van der Waals surface area (Å²) in [5, 5.41) is 3.84. The van der Waals surface area contributed by atoms with Gasteiger partial charge < -0.3 is 15.2 Å².